The number of methoxy groups -OCH3 is 1. The van der Waals surface area contributed by atoms with Crippen LogP contribution >= 0.6 is 11.3 Å². The summed E-state index contributed by atoms with van der Waals surface area (Å²) in [4.78, 5) is 26.1. The van der Waals surface area contributed by atoms with Crippen LogP contribution in [0.2, 0.25) is 0 Å². The molecule has 3 heterocycles. The van der Waals surface area contributed by atoms with E-state index in [-0.39, 0.29) is 6.61 Å². The summed E-state index contributed by atoms with van der Waals surface area (Å²) in [5, 5.41) is 7.77. The van der Waals surface area contributed by atoms with Crippen molar-refractivity contribution in [1.29, 1.82) is 0 Å². The summed E-state index contributed by atoms with van der Waals surface area (Å²) in [5.41, 5.74) is 1.73. The molecule has 0 bridgehead atoms. The number of benzene rings is 1. The predicted molar refractivity (Wildman–Crippen MR) is 128 cm³/mol. The molecule has 176 valence electrons. The average molecular weight is 481 g/mol. The van der Waals surface area contributed by atoms with Gasteiger partial charge in [0.2, 0.25) is 0 Å². The minimum atomic E-state index is -0.677. The number of furan rings is 1. The van der Waals surface area contributed by atoms with Crippen LogP contribution in [0.25, 0.3) is 6.08 Å². The maximum Gasteiger partial charge on any atom is 0.344 e. The van der Waals surface area contributed by atoms with E-state index in [0.29, 0.717) is 23.7 Å². The molecule has 1 aliphatic heterocycles. The zero-order valence-corrected chi connectivity index (χ0v) is 19.6. The highest BCUT2D eigenvalue weighted by molar-refractivity contribution is 7.12. The van der Waals surface area contributed by atoms with Gasteiger partial charge in [-0.15, -0.1) is 11.3 Å². The van der Waals surface area contributed by atoms with E-state index in [1.807, 2.05) is 42.7 Å². The first-order valence-corrected chi connectivity index (χ1v) is 11.5. The van der Waals surface area contributed by atoms with Gasteiger partial charge in [0.25, 0.3) is 5.91 Å². The van der Waals surface area contributed by atoms with Crippen LogP contribution in [0.15, 0.2) is 69.7 Å². The van der Waals surface area contributed by atoms with E-state index in [1.165, 1.54) is 12.1 Å². The second kappa shape index (κ2) is 10.8. The molecule has 0 fully saturated rings. The summed E-state index contributed by atoms with van der Waals surface area (Å²) in [5.74, 6) is 0.389. The zero-order chi connectivity index (χ0) is 23.9. The Morgan fingerprint density at radius 2 is 2.09 bits per heavy atom. The summed E-state index contributed by atoms with van der Waals surface area (Å²) in [6, 6.07) is 12.4. The molecule has 3 aromatic rings. The lowest BCUT2D eigenvalue weighted by molar-refractivity contribution is -0.154. The second-order valence-electron chi connectivity index (χ2n) is 7.36. The van der Waals surface area contributed by atoms with Crippen molar-refractivity contribution >= 4 is 35.0 Å². The molecule has 0 spiro atoms. The van der Waals surface area contributed by atoms with Gasteiger partial charge in [-0.2, -0.15) is 5.10 Å². The third-order valence-corrected chi connectivity index (χ3v) is 6.01. The smallest absolute Gasteiger partial charge is 0.344 e. The van der Waals surface area contributed by atoms with Gasteiger partial charge in [0, 0.05) is 6.42 Å². The number of esters is 1. The van der Waals surface area contributed by atoms with Crippen LogP contribution in [0.1, 0.15) is 35.6 Å². The maximum absolute atomic E-state index is 12.9. The Bertz CT molecular complexity index is 1180. The Morgan fingerprint density at radius 1 is 1.21 bits per heavy atom. The lowest BCUT2D eigenvalue weighted by atomic mass is 10.1. The lowest BCUT2D eigenvalue weighted by Crippen LogP contribution is -2.32. The highest BCUT2D eigenvalue weighted by atomic mass is 32.1. The van der Waals surface area contributed by atoms with Gasteiger partial charge in [0.05, 0.1) is 24.0 Å². The van der Waals surface area contributed by atoms with Crippen molar-refractivity contribution in [3.05, 3.63) is 76.4 Å². The number of nitrogens with zero attached hydrogens (tertiary/aromatic N) is 2. The number of amides is 1. The van der Waals surface area contributed by atoms with E-state index < -0.39 is 24.5 Å². The Morgan fingerprint density at radius 3 is 2.79 bits per heavy atom. The van der Waals surface area contributed by atoms with Gasteiger partial charge in [0.1, 0.15) is 11.8 Å². The number of ether oxygens (including phenoxy) is 3. The van der Waals surface area contributed by atoms with Gasteiger partial charge in [-0.3, -0.25) is 4.79 Å². The molecular weight excluding hydrogens is 456 g/mol. The Balaban J connectivity index is 1.36. The summed E-state index contributed by atoms with van der Waals surface area (Å²) < 4.78 is 21.5. The minimum absolute atomic E-state index is 0.363. The molecule has 1 aromatic carbocycles. The van der Waals surface area contributed by atoms with E-state index in [4.69, 9.17) is 18.6 Å². The SMILES string of the molecule is C/C=C/c1ccc(OCC(=O)OCC(=O)N2N=C(c3cccs3)CC2c2ccco2)c(OC)c1. The molecule has 0 saturated heterocycles. The summed E-state index contributed by atoms with van der Waals surface area (Å²) in [6.07, 6.45) is 5.90. The van der Waals surface area contributed by atoms with Crippen LogP contribution in [-0.2, 0) is 14.3 Å². The number of carbonyl (C=O) groups excluding carboxylic acids is 2. The molecule has 8 nitrogen and oxygen atoms in total. The molecule has 0 radical (unpaired) electrons. The molecule has 9 heteroatoms. The first-order valence-electron chi connectivity index (χ1n) is 10.6. The molecule has 0 aliphatic carbocycles. The normalized spacial score (nSPS) is 15.4. The van der Waals surface area contributed by atoms with Gasteiger partial charge in [-0.25, -0.2) is 9.80 Å². The molecule has 0 N–H and O–H groups in total. The number of hydrogen-bond donors (Lipinski definition) is 0. The minimum Gasteiger partial charge on any atom is -0.493 e. The highest BCUT2D eigenvalue weighted by Crippen LogP contribution is 2.34. The second-order valence-corrected chi connectivity index (χ2v) is 8.30. The number of rotatable bonds is 9. The molecule has 34 heavy (non-hydrogen) atoms. The van der Waals surface area contributed by atoms with Crippen LogP contribution in [-0.4, -0.2) is 42.9 Å². The van der Waals surface area contributed by atoms with Gasteiger partial charge in [-0.05, 0) is 48.2 Å². The van der Waals surface area contributed by atoms with Crippen molar-refractivity contribution in [1.82, 2.24) is 5.01 Å². The van der Waals surface area contributed by atoms with Crippen molar-refractivity contribution < 1.29 is 28.2 Å². The summed E-state index contributed by atoms with van der Waals surface area (Å²) in [7, 11) is 1.52. The molecule has 4 rings (SSSR count). The van der Waals surface area contributed by atoms with E-state index in [0.717, 1.165) is 16.2 Å². The standard InChI is InChI=1S/C25H24N2O6S/c1-3-6-17-9-10-21(22(13-17)30-2)32-16-25(29)33-15-24(28)27-19(20-7-4-11-31-20)14-18(26-27)23-8-5-12-34-23/h3-13,19H,14-16H2,1-2H3/b6-3+. The quantitative estimate of drug-likeness (QED) is 0.413. The largest absolute Gasteiger partial charge is 0.493 e. The van der Waals surface area contributed by atoms with E-state index in [2.05, 4.69) is 5.10 Å². The number of thiophene rings is 1. The van der Waals surface area contributed by atoms with E-state index >= 15 is 0 Å². The lowest BCUT2D eigenvalue weighted by Gasteiger charge is -2.19. The van der Waals surface area contributed by atoms with Crippen LogP contribution in [0.3, 0.4) is 0 Å². The van der Waals surface area contributed by atoms with Gasteiger partial charge in [-0.1, -0.05) is 24.3 Å². The van der Waals surface area contributed by atoms with Crippen molar-refractivity contribution in [2.45, 2.75) is 19.4 Å². The Kier molecular flexibility index (Phi) is 7.44. The Hall–Kier alpha value is -3.85. The number of allylic oxidation sites excluding steroid dienone is 1. The molecule has 1 unspecified atom stereocenters. The van der Waals surface area contributed by atoms with Crippen LogP contribution < -0.4 is 9.47 Å². The fraction of sp³-hybridized carbons (Fsp3) is 0.240. The highest BCUT2D eigenvalue weighted by Gasteiger charge is 2.35. The van der Waals surface area contributed by atoms with Crippen molar-refractivity contribution in [2.75, 3.05) is 20.3 Å². The van der Waals surface area contributed by atoms with Gasteiger partial charge >= 0.3 is 5.97 Å². The molecular formula is C25H24N2O6S. The molecule has 1 aliphatic rings. The molecule has 2 aromatic heterocycles. The summed E-state index contributed by atoms with van der Waals surface area (Å²) in [6.45, 7) is 1.09. The third kappa shape index (κ3) is 5.37. The number of hydrogen-bond acceptors (Lipinski definition) is 8. The van der Waals surface area contributed by atoms with Crippen molar-refractivity contribution in [2.24, 2.45) is 5.10 Å². The van der Waals surface area contributed by atoms with Crippen LogP contribution in [0, 0.1) is 0 Å². The fourth-order valence-corrected chi connectivity index (χ4v) is 4.24. The fourth-order valence-electron chi connectivity index (χ4n) is 3.52. The van der Waals surface area contributed by atoms with Crippen LogP contribution in [0.4, 0.5) is 0 Å². The van der Waals surface area contributed by atoms with E-state index in [1.54, 1.807) is 41.9 Å². The van der Waals surface area contributed by atoms with Crippen LogP contribution in [0.5, 0.6) is 11.5 Å². The average Bonchev–Trinajstić information content (AvgIpc) is 3.62. The maximum atomic E-state index is 12.9. The summed E-state index contributed by atoms with van der Waals surface area (Å²) >= 11 is 1.55. The molecule has 0 saturated carbocycles. The third-order valence-electron chi connectivity index (χ3n) is 5.09. The molecule has 1 amide bonds. The molecule has 1 atom stereocenters. The van der Waals surface area contributed by atoms with Gasteiger partial charge < -0.3 is 18.6 Å². The van der Waals surface area contributed by atoms with Gasteiger partial charge in [0.15, 0.2) is 24.7 Å². The topological polar surface area (TPSA) is 90.6 Å². The Labute approximate surface area is 201 Å². The number of carbonyl (C=O) groups is 2. The van der Waals surface area contributed by atoms with Crippen molar-refractivity contribution in [3.63, 3.8) is 0 Å². The van der Waals surface area contributed by atoms with Crippen molar-refractivity contribution in [3.8, 4) is 11.5 Å². The monoisotopic (exact) mass is 480 g/mol. The number of hydrazone groups is 1. The first-order chi connectivity index (χ1) is 16.6. The zero-order valence-electron chi connectivity index (χ0n) is 18.8. The van der Waals surface area contributed by atoms with E-state index in [9.17, 15) is 9.59 Å². The predicted octanol–water partition coefficient (Wildman–Crippen LogP) is 4.68. The first kappa shape index (κ1) is 23.3.